The van der Waals surface area contributed by atoms with Crippen LogP contribution in [-0.4, -0.2) is 32.1 Å². The summed E-state index contributed by atoms with van der Waals surface area (Å²) in [6.07, 6.45) is 0.793. The average Bonchev–Trinajstić information content (AvgIpc) is 2.42. The molecule has 104 valence electrons. The van der Waals surface area contributed by atoms with Gasteiger partial charge in [0, 0.05) is 6.54 Å². The van der Waals surface area contributed by atoms with Crippen molar-refractivity contribution in [2.75, 3.05) is 31.1 Å². The molecule has 4 N–H and O–H groups in total. The van der Waals surface area contributed by atoms with Gasteiger partial charge in [-0.2, -0.15) is 0 Å². The molecular formula is C14H21N3O2. The maximum absolute atomic E-state index is 12.0. The second kappa shape index (κ2) is 6.04. The molecule has 0 fully saturated rings. The van der Waals surface area contributed by atoms with Crippen LogP contribution in [0, 0.1) is 5.92 Å². The summed E-state index contributed by atoms with van der Waals surface area (Å²) in [5.41, 5.74) is 13.2. The number of anilines is 1. The molecule has 1 aromatic carbocycles. The lowest BCUT2D eigenvalue weighted by Crippen LogP contribution is -2.42. The summed E-state index contributed by atoms with van der Waals surface area (Å²) < 4.78 is 5.46. The Bertz CT molecular complexity index is 462. The number of carbonyl (C=O) groups is 1. The molecule has 1 atom stereocenters. The molecule has 1 aromatic rings. The molecule has 0 saturated heterocycles. The van der Waals surface area contributed by atoms with Crippen molar-refractivity contribution in [3.05, 3.63) is 23.8 Å². The van der Waals surface area contributed by atoms with Crippen LogP contribution in [0.1, 0.15) is 12.5 Å². The minimum absolute atomic E-state index is 0.0160. The molecule has 1 unspecified atom stereocenters. The summed E-state index contributed by atoms with van der Waals surface area (Å²) in [5.74, 6) is 0.996. The van der Waals surface area contributed by atoms with Crippen LogP contribution in [0.15, 0.2) is 18.2 Å². The van der Waals surface area contributed by atoms with E-state index in [1.807, 2.05) is 25.1 Å². The number of benzene rings is 1. The zero-order valence-corrected chi connectivity index (χ0v) is 11.3. The predicted octanol–water partition coefficient (Wildman–Crippen LogP) is 0.508. The molecule has 5 nitrogen and oxygen atoms in total. The van der Waals surface area contributed by atoms with Gasteiger partial charge in [-0.15, -0.1) is 0 Å². The number of hydrogen-bond acceptors (Lipinski definition) is 4. The molecule has 19 heavy (non-hydrogen) atoms. The van der Waals surface area contributed by atoms with Crippen LogP contribution in [0.3, 0.4) is 0 Å². The number of ether oxygens (including phenoxy) is 1. The van der Waals surface area contributed by atoms with Gasteiger partial charge in [-0.1, -0.05) is 13.0 Å². The van der Waals surface area contributed by atoms with Crippen LogP contribution >= 0.6 is 0 Å². The number of rotatable bonds is 5. The highest BCUT2D eigenvalue weighted by Crippen LogP contribution is 2.33. The van der Waals surface area contributed by atoms with Crippen molar-refractivity contribution in [3.8, 4) is 5.75 Å². The van der Waals surface area contributed by atoms with Crippen LogP contribution in [0.5, 0.6) is 5.75 Å². The maximum atomic E-state index is 12.0. The van der Waals surface area contributed by atoms with Gasteiger partial charge in [0.15, 0.2) is 6.61 Å². The lowest BCUT2D eigenvalue weighted by atomic mass is 10.1. The Morgan fingerprint density at radius 2 is 2.21 bits per heavy atom. The first-order valence-electron chi connectivity index (χ1n) is 6.62. The Hall–Kier alpha value is -1.59. The smallest absolute Gasteiger partial charge is 0.265 e. The van der Waals surface area contributed by atoms with Crippen molar-refractivity contribution in [1.29, 1.82) is 0 Å². The summed E-state index contributed by atoms with van der Waals surface area (Å²) in [6.45, 7) is 3.90. The first-order valence-corrected chi connectivity index (χ1v) is 6.62. The second-order valence-electron chi connectivity index (χ2n) is 4.97. The molecule has 5 heteroatoms. The molecule has 0 aliphatic carbocycles. The standard InChI is InChI=1S/C14H21N3O2/c1-10(7-16)8-17-12-6-11(4-5-15)2-3-13(12)19-9-14(17)18/h2-3,6,10H,4-5,7-9,15-16H2,1H3. The fourth-order valence-electron chi connectivity index (χ4n) is 2.16. The summed E-state index contributed by atoms with van der Waals surface area (Å²) in [7, 11) is 0. The van der Waals surface area contributed by atoms with Crippen LogP contribution in [0.4, 0.5) is 5.69 Å². The maximum Gasteiger partial charge on any atom is 0.265 e. The van der Waals surface area contributed by atoms with Crippen molar-refractivity contribution in [3.63, 3.8) is 0 Å². The van der Waals surface area contributed by atoms with Gasteiger partial charge < -0.3 is 21.1 Å². The van der Waals surface area contributed by atoms with Gasteiger partial charge >= 0.3 is 0 Å². The number of hydrogen-bond donors (Lipinski definition) is 2. The van der Waals surface area contributed by atoms with E-state index in [1.54, 1.807) is 4.90 Å². The minimum atomic E-state index is -0.0160. The van der Waals surface area contributed by atoms with Crippen LogP contribution in [0.2, 0.25) is 0 Å². The SMILES string of the molecule is CC(CN)CN1C(=O)COc2ccc(CCN)cc21. The fourth-order valence-corrected chi connectivity index (χ4v) is 2.16. The van der Waals surface area contributed by atoms with E-state index in [0.29, 0.717) is 19.6 Å². The van der Waals surface area contributed by atoms with E-state index in [1.165, 1.54) is 0 Å². The van der Waals surface area contributed by atoms with Crippen LogP contribution in [-0.2, 0) is 11.2 Å². The Kier molecular flexibility index (Phi) is 4.39. The number of nitrogens with zero attached hydrogens (tertiary/aromatic N) is 1. The number of fused-ring (bicyclic) bond motifs is 1. The van der Waals surface area contributed by atoms with Gasteiger partial charge in [0.2, 0.25) is 0 Å². The van der Waals surface area contributed by atoms with Gasteiger partial charge in [-0.3, -0.25) is 4.79 Å². The van der Waals surface area contributed by atoms with Crippen molar-refractivity contribution < 1.29 is 9.53 Å². The average molecular weight is 263 g/mol. The lowest BCUT2D eigenvalue weighted by Gasteiger charge is -2.31. The van der Waals surface area contributed by atoms with Crippen molar-refractivity contribution >= 4 is 11.6 Å². The third-order valence-corrected chi connectivity index (χ3v) is 3.30. The molecule has 0 saturated carbocycles. The topological polar surface area (TPSA) is 81.6 Å². The quantitative estimate of drug-likeness (QED) is 0.811. The summed E-state index contributed by atoms with van der Waals surface area (Å²) in [4.78, 5) is 13.8. The molecule has 0 spiro atoms. The van der Waals surface area contributed by atoms with E-state index >= 15 is 0 Å². The highest BCUT2D eigenvalue weighted by atomic mass is 16.5. The van der Waals surface area contributed by atoms with Crippen LogP contribution < -0.4 is 21.1 Å². The van der Waals surface area contributed by atoms with Crippen LogP contribution in [0.25, 0.3) is 0 Å². The zero-order valence-electron chi connectivity index (χ0n) is 11.3. The van der Waals surface area contributed by atoms with E-state index in [9.17, 15) is 4.79 Å². The first-order chi connectivity index (χ1) is 9.15. The fraction of sp³-hybridized carbons (Fsp3) is 0.500. The monoisotopic (exact) mass is 263 g/mol. The molecular weight excluding hydrogens is 242 g/mol. The van der Waals surface area contributed by atoms with E-state index in [0.717, 1.165) is 23.4 Å². The van der Waals surface area contributed by atoms with E-state index in [2.05, 4.69) is 0 Å². The highest BCUT2D eigenvalue weighted by Gasteiger charge is 2.26. The van der Waals surface area contributed by atoms with E-state index in [4.69, 9.17) is 16.2 Å². The lowest BCUT2D eigenvalue weighted by molar-refractivity contribution is -0.121. The third kappa shape index (κ3) is 3.05. The van der Waals surface area contributed by atoms with Crippen molar-refractivity contribution in [1.82, 2.24) is 0 Å². The minimum Gasteiger partial charge on any atom is -0.482 e. The van der Waals surface area contributed by atoms with Gasteiger partial charge in [0.1, 0.15) is 5.75 Å². The first kappa shape index (κ1) is 13.8. The Labute approximate surface area is 113 Å². The summed E-state index contributed by atoms with van der Waals surface area (Å²) in [6, 6.07) is 5.89. The third-order valence-electron chi connectivity index (χ3n) is 3.30. The van der Waals surface area contributed by atoms with Gasteiger partial charge in [-0.05, 0) is 43.1 Å². The molecule has 1 aliphatic heterocycles. The zero-order chi connectivity index (χ0) is 13.8. The number of nitrogens with two attached hydrogens (primary N) is 2. The molecule has 1 amide bonds. The highest BCUT2D eigenvalue weighted by molar-refractivity contribution is 5.97. The molecule has 0 radical (unpaired) electrons. The molecule has 2 rings (SSSR count). The predicted molar refractivity (Wildman–Crippen MR) is 75.3 cm³/mol. The Morgan fingerprint density at radius 1 is 1.42 bits per heavy atom. The van der Waals surface area contributed by atoms with Gasteiger partial charge in [0.25, 0.3) is 5.91 Å². The Balaban J connectivity index is 2.30. The van der Waals surface area contributed by atoms with E-state index in [-0.39, 0.29) is 18.4 Å². The molecule has 0 bridgehead atoms. The van der Waals surface area contributed by atoms with Crippen molar-refractivity contribution in [2.24, 2.45) is 17.4 Å². The molecule has 1 heterocycles. The second-order valence-corrected chi connectivity index (χ2v) is 4.97. The van der Waals surface area contributed by atoms with E-state index < -0.39 is 0 Å². The summed E-state index contributed by atoms with van der Waals surface area (Å²) in [5, 5.41) is 0. The van der Waals surface area contributed by atoms with Gasteiger partial charge in [-0.25, -0.2) is 0 Å². The molecule has 0 aromatic heterocycles. The largest absolute Gasteiger partial charge is 0.482 e. The summed E-state index contributed by atoms with van der Waals surface area (Å²) >= 11 is 0. The number of carbonyl (C=O) groups excluding carboxylic acids is 1. The van der Waals surface area contributed by atoms with Crippen molar-refractivity contribution in [2.45, 2.75) is 13.3 Å². The Morgan fingerprint density at radius 3 is 2.89 bits per heavy atom. The molecule has 1 aliphatic rings. The van der Waals surface area contributed by atoms with Gasteiger partial charge in [0.05, 0.1) is 5.69 Å². The number of amides is 1. The normalized spacial score (nSPS) is 15.9.